The third-order valence-corrected chi connectivity index (χ3v) is 4.61. The Balaban J connectivity index is 3.57. The fraction of sp³-hybridized carbons (Fsp3) is 1.00. The Bertz CT molecular complexity index is 178. The number of hydrogen-bond donors (Lipinski definition) is 0. The van der Waals surface area contributed by atoms with Gasteiger partial charge in [-0.2, -0.15) is 0 Å². The highest BCUT2D eigenvalue weighted by molar-refractivity contribution is 4.69. The maximum Gasteiger partial charge on any atom is -0.0354 e. The van der Waals surface area contributed by atoms with Crippen molar-refractivity contribution in [1.29, 1.82) is 0 Å². The molecule has 18 heavy (non-hydrogen) atoms. The average molecular weight is 255 g/mol. The van der Waals surface area contributed by atoms with Gasteiger partial charge in [0.05, 0.1) is 0 Å². The highest BCUT2D eigenvalue weighted by Crippen LogP contribution is 2.31. The van der Waals surface area contributed by atoms with Gasteiger partial charge >= 0.3 is 0 Å². The monoisotopic (exact) mass is 254 g/mol. The molecule has 0 N–H and O–H groups in total. The van der Waals surface area contributed by atoms with Crippen LogP contribution in [0.25, 0.3) is 0 Å². The summed E-state index contributed by atoms with van der Waals surface area (Å²) in [7, 11) is 0. The number of unbranched alkanes of at least 4 members (excludes halogenated alkanes) is 4. The van der Waals surface area contributed by atoms with E-state index in [-0.39, 0.29) is 0 Å². The number of rotatable bonds is 11. The topological polar surface area (TPSA) is 0 Å². The largest absolute Gasteiger partial charge is 0.0654 e. The molecule has 0 heterocycles. The minimum atomic E-state index is 0.578. The van der Waals surface area contributed by atoms with Crippen LogP contribution in [0.2, 0.25) is 0 Å². The smallest absolute Gasteiger partial charge is 0.0354 e. The minimum absolute atomic E-state index is 0.578. The van der Waals surface area contributed by atoms with Crippen LogP contribution in [0.1, 0.15) is 99.3 Å². The summed E-state index contributed by atoms with van der Waals surface area (Å²) in [6.45, 7) is 14.3. The molecule has 0 saturated heterocycles. The van der Waals surface area contributed by atoms with Crippen LogP contribution in [0.5, 0.6) is 0 Å². The third kappa shape index (κ3) is 9.97. The second-order valence-electron chi connectivity index (χ2n) is 7.44. The normalized spacial score (nSPS) is 14.2. The highest BCUT2D eigenvalue weighted by atomic mass is 14.2. The predicted molar refractivity (Wildman–Crippen MR) is 85.0 cm³/mol. The summed E-state index contributed by atoms with van der Waals surface area (Å²) in [5.74, 6) is 1.75. The molecular weight excluding hydrogens is 216 g/mol. The van der Waals surface area contributed by atoms with Gasteiger partial charge < -0.3 is 0 Å². The lowest BCUT2D eigenvalue weighted by Gasteiger charge is -2.25. The molecular formula is C18H38. The molecule has 0 aromatic heterocycles. The molecule has 0 fully saturated rings. The molecule has 110 valence electrons. The van der Waals surface area contributed by atoms with Crippen LogP contribution in [-0.2, 0) is 0 Å². The molecule has 0 radical (unpaired) electrons. The van der Waals surface area contributed by atoms with Crippen molar-refractivity contribution in [2.75, 3.05) is 0 Å². The highest BCUT2D eigenvalue weighted by Gasteiger charge is 2.17. The second-order valence-corrected chi connectivity index (χ2v) is 7.44. The minimum Gasteiger partial charge on any atom is -0.0654 e. The average Bonchev–Trinajstić information content (AvgIpc) is 2.30. The third-order valence-electron chi connectivity index (χ3n) is 4.61. The van der Waals surface area contributed by atoms with Gasteiger partial charge in [0.25, 0.3) is 0 Å². The Morgan fingerprint density at radius 2 is 1.33 bits per heavy atom. The summed E-state index contributed by atoms with van der Waals surface area (Å²) in [5.41, 5.74) is 0.578. The van der Waals surface area contributed by atoms with E-state index in [0.29, 0.717) is 5.41 Å². The van der Waals surface area contributed by atoms with Crippen molar-refractivity contribution in [1.82, 2.24) is 0 Å². The Morgan fingerprint density at radius 1 is 0.778 bits per heavy atom. The fourth-order valence-corrected chi connectivity index (χ4v) is 2.56. The van der Waals surface area contributed by atoms with Gasteiger partial charge in [0, 0.05) is 0 Å². The van der Waals surface area contributed by atoms with Crippen LogP contribution < -0.4 is 0 Å². The van der Waals surface area contributed by atoms with Gasteiger partial charge in [0.2, 0.25) is 0 Å². The lowest BCUT2D eigenvalue weighted by atomic mass is 9.81. The lowest BCUT2D eigenvalue weighted by molar-refractivity contribution is 0.275. The molecule has 0 aliphatic carbocycles. The van der Waals surface area contributed by atoms with Gasteiger partial charge in [-0.15, -0.1) is 0 Å². The van der Waals surface area contributed by atoms with Crippen LogP contribution in [0.4, 0.5) is 0 Å². The molecule has 0 amide bonds. The first-order chi connectivity index (χ1) is 8.39. The molecule has 0 aromatic rings. The molecule has 0 spiro atoms. The Hall–Kier alpha value is 0. The zero-order chi connectivity index (χ0) is 14.0. The van der Waals surface area contributed by atoms with E-state index in [1.807, 2.05) is 0 Å². The standard InChI is InChI=1S/C18H38/c1-7-8-9-11-14-18(5,6)15-12-10-13-17(4)16(2)3/h16-17H,7-15H2,1-6H3. The van der Waals surface area contributed by atoms with Crippen molar-refractivity contribution in [3.05, 3.63) is 0 Å². The molecule has 0 rings (SSSR count). The zero-order valence-electron chi connectivity index (χ0n) is 14.0. The molecule has 0 aliphatic heterocycles. The Labute approximate surface area is 117 Å². The Kier molecular flexibility index (Phi) is 9.87. The van der Waals surface area contributed by atoms with Gasteiger partial charge in [0.1, 0.15) is 0 Å². The van der Waals surface area contributed by atoms with Crippen molar-refractivity contribution >= 4 is 0 Å². The van der Waals surface area contributed by atoms with Gasteiger partial charge in [-0.05, 0) is 30.1 Å². The van der Waals surface area contributed by atoms with Crippen LogP contribution in [0.3, 0.4) is 0 Å². The van der Waals surface area contributed by atoms with Gasteiger partial charge in [0.15, 0.2) is 0 Å². The molecule has 0 aliphatic rings. The first kappa shape index (κ1) is 18.0. The molecule has 1 unspecified atom stereocenters. The molecule has 0 bridgehead atoms. The zero-order valence-corrected chi connectivity index (χ0v) is 14.0. The van der Waals surface area contributed by atoms with Crippen molar-refractivity contribution in [2.24, 2.45) is 17.3 Å². The Morgan fingerprint density at radius 3 is 1.83 bits per heavy atom. The summed E-state index contributed by atoms with van der Waals surface area (Å²) >= 11 is 0. The summed E-state index contributed by atoms with van der Waals surface area (Å²) in [6.07, 6.45) is 12.8. The van der Waals surface area contributed by atoms with E-state index in [1.54, 1.807) is 0 Å². The van der Waals surface area contributed by atoms with Gasteiger partial charge in [-0.3, -0.25) is 0 Å². The maximum absolute atomic E-state index is 2.46. The van der Waals surface area contributed by atoms with Crippen LogP contribution in [0, 0.1) is 17.3 Å². The van der Waals surface area contributed by atoms with Gasteiger partial charge in [-0.25, -0.2) is 0 Å². The van der Waals surface area contributed by atoms with Gasteiger partial charge in [-0.1, -0.05) is 86.5 Å². The predicted octanol–water partition coefficient (Wildman–Crippen LogP) is 6.84. The van der Waals surface area contributed by atoms with E-state index in [0.717, 1.165) is 11.8 Å². The molecule has 0 aromatic carbocycles. The van der Waals surface area contributed by atoms with E-state index in [2.05, 4.69) is 41.5 Å². The molecule has 1 atom stereocenters. The molecule has 0 saturated carbocycles. The first-order valence-corrected chi connectivity index (χ1v) is 8.39. The lowest BCUT2D eigenvalue weighted by Crippen LogP contribution is -2.11. The van der Waals surface area contributed by atoms with E-state index in [4.69, 9.17) is 0 Å². The summed E-state index contributed by atoms with van der Waals surface area (Å²) in [6, 6.07) is 0. The fourth-order valence-electron chi connectivity index (χ4n) is 2.56. The van der Waals surface area contributed by atoms with Crippen LogP contribution >= 0.6 is 0 Å². The quantitative estimate of drug-likeness (QED) is 0.354. The van der Waals surface area contributed by atoms with Crippen molar-refractivity contribution in [2.45, 2.75) is 99.3 Å². The van der Waals surface area contributed by atoms with E-state index in [1.165, 1.54) is 57.8 Å². The SMILES string of the molecule is CCCCCCC(C)(C)CCCCC(C)C(C)C. The summed E-state index contributed by atoms with van der Waals surface area (Å²) in [4.78, 5) is 0. The summed E-state index contributed by atoms with van der Waals surface area (Å²) in [5, 5.41) is 0. The second kappa shape index (κ2) is 9.87. The van der Waals surface area contributed by atoms with E-state index >= 15 is 0 Å². The molecule has 0 nitrogen and oxygen atoms in total. The van der Waals surface area contributed by atoms with E-state index < -0.39 is 0 Å². The summed E-state index contributed by atoms with van der Waals surface area (Å²) < 4.78 is 0. The maximum atomic E-state index is 2.46. The number of hydrogen-bond acceptors (Lipinski definition) is 0. The van der Waals surface area contributed by atoms with Crippen molar-refractivity contribution in [3.63, 3.8) is 0 Å². The van der Waals surface area contributed by atoms with Crippen molar-refractivity contribution in [3.8, 4) is 0 Å². The first-order valence-electron chi connectivity index (χ1n) is 8.39. The molecule has 0 heteroatoms. The van der Waals surface area contributed by atoms with Crippen LogP contribution in [-0.4, -0.2) is 0 Å². The van der Waals surface area contributed by atoms with Crippen molar-refractivity contribution < 1.29 is 0 Å². The van der Waals surface area contributed by atoms with E-state index in [9.17, 15) is 0 Å². The van der Waals surface area contributed by atoms with Crippen LogP contribution in [0.15, 0.2) is 0 Å².